The number of nitrogens with zero attached hydrogens (tertiary/aromatic N) is 2. The third kappa shape index (κ3) is 1.77. The molecule has 0 radical (unpaired) electrons. The Morgan fingerprint density at radius 1 is 1.50 bits per heavy atom. The second-order valence-electron chi connectivity index (χ2n) is 2.92. The molecule has 2 heterocycles. The highest BCUT2D eigenvalue weighted by molar-refractivity contribution is 9.10. The van der Waals surface area contributed by atoms with Gasteiger partial charge in [0.25, 0.3) is 0 Å². The molecule has 1 N–H and O–H groups in total. The molecule has 0 amide bonds. The van der Waals surface area contributed by atoms with Gasteiger partial charge in [0.15, 0.2) is 0 Å². The van der Waals surface area contributed by atoms with Gasteiger partial charge in [-0.25, -0.2) is 4.98 Å². The van der Waals surface area contributed by atoms with Crippen LogP contribution in [0, 0.1) is 0 Å². The number of carbonyl (C=O) groups is 1. The fraction of sp³-hybridized carbons (Fsp3) is 0.111. The van der Waals surface area contributed by atoms with Gasteiger partial charge in [-0.1, -0.05) is 0 Å². The summed E-state index contributed by atoms with van der Waals surface area (Å²) in [4.78, 5) is 14.6. The summed E-state index contributed by atoms with van der Waals surface area (Å²) >= 11 is 3.33. The van der Waals surface area contributed by atoms with Crippen LogP contribution in [0.5, 0.6) is 0 Å². The Balaban J connectivity index is 2.46. The van der Waals surface area contributed by atoms with E-state index in [1.807, 2.05) is 18.3 Å². The standard InChI is InChI=1S/C9H7BrN2O2/c10-6-1-2-8-11-7(3-9(13)14)5-12(8)4-6/h1-2,4-5H,3H2,(H,13,14). The number of carboxylic acids is 1. The largest absolute Gasteiger partial charge is 0.481 e. The molecular weight excluding hydrogens is 248 g/mol. The molecule has 4 nitrogen and oxygen atoms in total. The van der Waals surface area contributed by atoms with Gasteiger partial charge in [0.1, 0.15) is 5.65 Å². The molecule has 0 unspecified atom stereocenters. The second-order valence-corrected chi connectivity index (χ2v) is 3.83. The van der Waals surface area contributed by atoms with Crippen molar-refractivity contribution in [1.82, 2.24) is 9.38 Å². The lowest BCUT2D eigenvalue weighted by atomic mass is 10.3. The van der Waals surface area contributed by atoms with Crippen molar-refractivity contribution in [3.63, 3.8) is 0 Å². The number of halogens is 1. The maximum atomic E-state index is 10.5. The first-order valence-corrected chi connectivity index (χ1v) is 4.79. The van der Waals surface area contributed by atoms with Gasteiger partial charge in [-0.3, -0.25) is 4.79 Å². The minimum Gasteiger partial charge on any atom is -0.481 e. The molecule has 2 aromatic rings. The number of aliphatic carboxylic acids is 1. The molecule has 0 saturated heterocycles. The molecule has 5 heteroatoms. The summed E-state index contributed by atoms with van der Waals surface area (Å²) in [5.74, 6) is -0.868. The zero-order valence-electron chi connectivity index (χ0n) is 7.14. The van der Waals surface area contributed by atoms with Gasteiger partial charge < -0.3 is 9.51 Å². The van der Waals surface area contributed by atoms with Crippen LogP contribution >= 0.6 is 15.9 Å². The number of pyridine rings is 1. The van der Waals surface area contributed by atoms with Crippen LogP contribution in [-0.4, -0.2) is 20.5 Å². The van der Waals surface area contributed by atoms with Crippen LogP contribution in [0.2, 0.25) is 0 Å². The third-order valence-corrected chi connectivity index (χ3v) is 2.27. The Morgan fingerprint density at radius 2 is 2.29 bits per heavy atom. The summed E-state index contributed by atoms with van der Waals surface area (Å²) in [6, 6.07) is 3.70. The Kier molecular flexibility index (Phi) is 2.25. The van der Waals surface area contributed by atoms with E-state index in [2.05, 4.69) is 20.9 Å². The van der Waals surface area contributed by atoms with Crippen LogP contribution in [0.4, 0.5) is 0 Å². The van der Waals surface area contributed by atoms with E-state index in [1.54, 1.807) is 10.6 Å². The lowest BCUT2D eigenvalue weighted by Gasteiger charge is -1.91. The molecule has 0 fully saturated rings. The molecule has 0 bridgehead atoms. The van der Waals surface area contributed by atoms with E-state index in [0.29, 0.717) is 5.69 Å². The minimum atomic E-state index is -0.868. The van der Waals surface area contributed by atoms with E-state index in [-0.39, 0.29) is 6.42 Å². The number of hydrogen-bond acceptors (Lipinski definition) is 2. The SMILES string of the molecule is O=C(O)Cc1cn2cc(Br)ccc2n1. The highest BCUT2D eigenvalue weighted by Gasteiger charge is 2.05. The van der Waals surface area contributed by atoms with E-state index in [4.69, 9.17) is 5.11 Å². The monoisotopic (exact) mass is 254 g/mol. The van der Waals surface area contributed by atoms with Crippen LogP contribution in [0.3, 0.4) is 0 Å². The smallest absolute Gasteiger partial charge is 0.309 e. The zero-order valence-corrected chi connectivity index (χ0v) is 8.73. The minimum absolute atomic E-state index is 0.0424. The van der Waals surface area contributed by atoms with E-state index >= 15 is 0 Å². The van der Waals surface area contributed by atoms with Gasteiger partial charge in [-0.2, -0.15) is 0 Å². The van der Waals surface area contributed by atoms with Crippen molar-refractivity contribution in [2.24, 2.45) is 0 Å². The van der Waals surface area contributed by atoms with Crippen LogP contribution in [0.25, 0.3) is 5.65 Å². The molecular formula is C9H7BrN2O2. The number of aromatic nitrogens is 2. The maximum Gasteiger partial charge on any atom is 0.309 e. The lowest BCUT2D eigenvalue weighted by Crippen LogP contribution is -1.99. The van der Waals surface area contributed by atoms with E-state index in [1.165, 1.54) is 0 Å². The normalized spacial score (nSPS) is 10.6. The third-order valence-electron chi connectivity index (χ3n) is 1.80. The van der Waals surface area contributed by atoms with Gasteiger partial charge in [-0.15, -0.1) is 0 Å². The first-order valence-electron chi connectivity index (χ1n) is 4.00. The molecule has 0 atom stereocenters. The van der Waals surface area contributed by atoms with Crippen molar-refractivity contribution in [2.75, 3.05) is 0 Å². The average molecular weight is 255 g/mol. The lowest BCUT2D eigenvalue weighted by molar-refractivity contribution is -0.136. The van der Waals surface area contributed by atoms with Gasteiger partial charge in [0.05, 0.1) is 12.1 Å². The second kappa shape index (κ2) is 3.42. The topological polar surface area (TPSA) is 54.6 Å². The molecule has 2 aromatic heterocycles. The summed E-state index contributed by atoms with van der Waals surface area (Å²) in [5.41, 5.74) is 1.32. The van der Waals surface area contributed by atoms with Gasteiger partial charge in [0, 0.05) is 16.9 Å². The van der Waals surface area contributed by atoms with Crippen molar-refractivity contribution in [3.05, 3.63) is 34.7 Å². The first-order chi connectivity index (χ1) is 6.65. The van der Waals surface area contributed by atoms with E-state index in [9.17, 15) is 4.79 Å². The predicted octanol–water partition coefficient (Wildman–Crippen LogP) is 1.72. The van der Waals surface area contributed by atoms with Crippen LogP contribution in [0.1, 0.15) is 5.69 Å². The van der Waals surface area contributed by atoms with Crippen LogP contribution in [0.15, 0.2) is 29.0 Å². The van der Waals surface area contributed by atoms with Crippen molar-refractivity contribution >= 4 is 27.5 Å². The zero-order chi connectivity index (χ0) is 10.1. The number of hydrogen-bond donors (Lipinski definition) is 1. The molecule has 14 heavy (non-hydrogen) atoms. The van der Waals surface area contributed by atoms with Gasteiger partial charge >= 0.3 is 5.97 Å². The van der Waals surface area contributed by atoms with Crippen molar-refractivity contribution in [2.45, 2.75) is 6.42 Å². The van der Waals surface area contributed by atoms with E-state index in [0.717, 1.165) is 10.1 Å². The molecule has 0 aromatic carbocycles. The first kappa shape index (κ1) is 9.21. The molecule has 0 spiro atoms. The molecule has 0 aliphatic heterocycles. The summed E-state index contributed by atoms with van der Waals surface area (Å²) in [6.45, 7) is 0. The molecule has 0 aliphatic carbocycles. The fourth-order valence-electron chi connectivity index (χ4n) is 1.26. The molecule has 0 aliphatic rings. The van der Waals surface area contributed by atoms with Crippen LogP contribution < -0.4 is 0 Å². The van der Waals surface area contributed by atoms with Gasteiger partial charge in [0.2, 0.25) is 0 Å². The molecule has 0 saturated carbocycles. The highest BCUT2D eigenvalue weighted by Crippen LogP contribution is 2.12. The highest BCUT2D eigenvalue weighted by atomic mass is 79.9. The average Bonchev–Trinajstić information content (AvgIpc) is 2.44. The summed E-state index contributed by atoms with van der Waals surface area (Å²) in [5, 5.41) is 8.59. The Labute approximate surface area is 88.3 Å². The molecule has 2 rings (SSSR count). The Morgan fingerprint density at radius 3 is 3.00 bits per heavy atom. The number of imidazole rings is 1. The van der Waals surface area contributed by atoms with Crippen molar-refractivity contribution in [3.8, 4) is 0 Å². The Hall–Kier alpha value is -1.36. The number of fused-ring (bicyclic) bond motifs is 1. The van der Waals surface area contributed by atoms with Crippen molar-refractivity contribution in [1.29, 1.82) is 0 Å². The van der Waals surface area contributed by atoms with E-state index < -0.39 is 5.97 Å². The molecule has 72 valence electrons. The quantitative estimate of drug-likeness (QED) is 0.888. The summed E-state index contributed by atoms with van der Waals surface area (Å²) in [6.07, 6.45) is 3.52. The summed E-state index contributed by atoms with van der Waals surface area (Å²) in [7, 11) is 0. The maximum absolute atomic E-state index is 10.5. The van der Waals surface area contributed by atoms with Crippen molar-refractivity contribution < 1.29 is 9.90 Å². The Bertz CT molecular complexity index is 493. The predicted molar refractivity (Wildman–Crippen MR) is 54.2 cm³/mol. The number of rotatable bonds is 2. The van der Waals surface area contributed by atoms with Crippen LogP contribution in [-0.2, 0) is 11.2 Å². The van der Waals surface area contributed by atoms with Gasteiger partial charge in [-0.05, 0) is 28.1 Å². The number of carboxylic acid groups (broad SMARTS) is 1. The fourth-order valence-corrected chi connectivity index (χ4v) is 1.61. The summed E-state index contributed by atoms with van der Waals surface area (Å²) < 4.78 is 2.73.